The lowest BCUT2D eigenvalue weighted by Gasteiger charge is -2.37. The summed E-state index contributed by atoms with van der Waals surface area (Å²) < 4.78 is 14.1. The second-order valence-corrected chi connectivity index (χ2v) is 6.76. The van der Waals surface area contributed by atoms with Gasteiger partial charge in [-0.1, -0.05) is 17.4 Å². The molecule has 4 rings (SSSR count). The van der Waals surface area contributed by atoms with Crippen molar-refractivity contribution in [2.45, 2.75) is 6.54 Å². The number of anilines is 1. The van der Waals surface area contributed by atoms with Crippen LogP contribution in [0, 0.1) is 11.7 Å². The fraction of sp³-hybridized carbons (Fsp3) is 0.235. The van der Waals surface area contributed by atoms with Gasteiger partial charge in [0, 0.05) is 19.3 Å². The number of rotatable bonds is 4. The zero-order valence-corrected chi connectivity index (χ0v) is 13.6. The number of benzene rings is 1. The highest BCUT2D eigenvalue weighted by atomic mass is 32.1. The first kappa shape index (κ1) is 15.0. The number of fused-ring (bicyclic) bond motifs is 1. The molecule has 1 amide bonds. The van der Waals surface area contributed by atoms with Crippen LogP contribution < -0.4 is 10.2 Å². The van der Waals surface area contributed by atoms with E-state index in [1.807, 2.05) is 23.1 Å². The van der Waals surface area contributed by atoms with Crippen molar-refractivity contribution in [1.29, 1.82) is 0 Å². The quantitative estimate of drug-likeness (QED) is 0.792. The normalized spacial score (nSPS) is 14.6. The van der Waals surface area contributed by atoms with Gasteiger partial charge in [0.2, 0.25) is 5.91 Å². The van der Waals surface area contributed by atoms with E-state index < -0.39 is 0 Å². The molecule has 0 unspecified atom stereocenters. The van der Waals surface area contributed by atoms with Crippen LogP contribution in [0.15, 0.2) is 42.6 Å². The topological polar surface area (TPSA) is 58.1 Å². The minimum Gasteiger partial charge on any atom is -0.350 e. The number of carbonyl (C=O) groups is 1. The lowest BCUT2D eigenvalue weighted by molar-refractivity contribution is -0.125. The van der Waals surface area contributed by atoms with Gasteiger partial charge < -0.3 is 10.2 Å². The van der Waals surface area contributed by atoms with Crippen molar-refractivity contribution < 1.29 is 9.18 Å². The van der Waals surface area contributed by atoms with Gasteiger partial charge in [-0.2, -0.15) is 0 Å². The molecule has 1 fully saturated rings. The number of aromatic nitrogens is 2. The van der Waals surface area contributed by atoms with Crippen LogP contribution in [-0.4, -0.2) is 29.0 Å². The fourth-order valence-electron chi connectivity index (χ4n) is 2.65. The molecule has 1 aliphatic rings. The Morgan fingerprint density at radius 3 is 3.00 bits per heavy atom. The van der Waals surface area contributed by atoms with Crippen LogP contribution in [-0.2, 0) is 11.3 Å². The van der Waals surface area contributed by atoms with Crippen LogP contribution >= 0.6 is 11.3 Å². The van der Waals surface area contributed by atoms with Crippen LogP contribution in [0.2, 0.25) is 0 Å². The van der Waals surface area contributed by atoms with Gasteiger partial charge in [-0.25, -0.2) is 9.37 Å². The molecule has 0 aliphatic carbocycles. The number of amides is 1. The van der Waals surface area contributed by atoms with Crippen LogP contribution in [0.3, 0.4) is 0 Å². The van der Waals surface area contributed by atoms with Crippen molar-refractivity contribution in [2.24, 2.45) is 5.92 Å². The summed E-state index contributed by atoms with van der Waals surface area (Å²) in [6, 6.07) is 10.2. The monoisotopic (exact) mass is 342 g/mol. The van der Waals surface area contributed by atoms with Crippen molar-refractivity contribution in [3.8, 4) is 0 Å². The highest BCUT2D eigenvalue weighted by Gasteiger charge is 2.34. The second-order valence-electron chi connectivity index (χ2n) is 5.75. The lowest BCUT2D eigenvalue weighted by atomic mass is 10.00. The summed E-state index contributed by atoms with van der Waals surface area (Å²) >= 11 is 1.45. The molecule has 0 saturated carbocycles. The summed E-state index contributed by atoms with van der Waals surface area (Å²) in [5.41, 5.74) is 1.63. The van der Waals surface area contributed by atoms with E-state index in [4.69, 9.17) is 0 Å². The first-order valence-corrected chi connectivity index (χ1v) is 8.49. The Labute approximate surface area is 142 Å². The molecule has 3 heterocycles. The summed E-state index contributed by atoms with van der Waals surface area (Å²) in [5.74, 6) is -0.269. The number of thiazole rings is 1. The number of hydrogen-bond donors (Lipinski definition) is 1. The molecule has 0 bridgehead atoms. The van der Waals surface area contributed by atoms with E-state index in [0.29, 0.717) is 19.6 Å². The predicted octanol–water partition coefficient (Wildman–Crippen LogP) is 2.58. The van der Waals surface area contributed by atoms with Crippen molar-refractivity contribution in [3.63, 3.8) is 0 Å². The molecule has 1 N–H and O–H groups in total. The number of pyridine rings is 1. The van der Waals surface area contributed by atoms with Gasteiger partial charge in [-0.3, -0.25) is 9.78 Å². The summed E-state index contributed by atoms with van der Waals surface area (Å²) in [4.78, 5) is 22.9. The van der Waals surface area contributed by atoms with Crippen molar-refractivity contribution in [2.75, 3.05) is 18.0 Å². The summed E-state index contributed by atoms with van der Waals surface area (Å²) in [6.07, 6.45) is 1.71. The molecule has 24 heavy (non-hydrogen) atoms. The molecule has 122 valence electrons. The molecule has 1 aliphatic heterocycles. The molecular formula is C17H15FN4OS. The molecular weight excluding hydrogens is 327 g/mol. The first-order chi connectivity index (χ1) is 11.7. The van der Waals surface area contributed by atoms with Gasteiger partial charge in [0.05, 0.1) is 28.4 Å². The Morgan fingerprint density at radius 2 is 2.21 bits per heavy atom. The third-order valence-electron chi connectivity index (χ3n) is 4.03. The third-order valence-corrected chi connectivity index (χ3v) is 5.11. The third kappa shape index (κ3) is 2.94. The highest BCUT2D eigenvalue weighted by Crippen LogP contribution is 2.33. The second kappa shape index (κ2) is 6.16. The largest absolute Gasteiger partial charge is 0.350 e. The fourth-order valence-corrected chi connectivity index (χ4v) is 3.66. The minimum atomic E-state index is -0.256. The maximum absolute atomic E-state index is 13.2. The average molecular weight is 342 g/mol. The van der Waals surface area contributed by atoms with Crippen LogP contribution in [0.25, 0.3) is 10.2 Å². The average Bonchev–Trinajstić information content (AvgIpc) is 2.95. The number of nitrogens with zero attached hydrogens (tertiary/aromatic N) is 3. The van der Waals surface area contributed by atoms with E-state index >= 15 is 0 Å². The van der Waals surface area contributed by atoms with E-state index in [-0.39, 0.29) is 17.6 Å². The van der Waals surface area contributed by atoms with E-state index in [1.54, 1.807) is 12.3 Å². The summed E-state index contributed by atoms with van der Waals surface area (Å²) in [7, 11) is 0. The van der Waals surface area contributed by atoms with Gasteiger partial charge >= 0.3 is 0 Å². The molecule has 0 atom stereocenters. The van der Waals surface area contributed by atoms with Gasteiger partial charge in [-0.15, -0.1) is 0 Å². The van der Waals surface area contributed by atoms with Crippen LogP contribution in [0.1, 0.15) is 5.69 Å². The molecule has 1 saturated heterocycles. The smallest absolute Gasteiger partial charge is 0.227 e. The molecule has 0 radical (unpaired) electrons. The Balaban J connectivity index is 1.34. The number of carbonyl (C=O) groups excluding carboxylic acids is 1. The zero-order valence-electron chi connectivity index (χ0n) is 12.8. The van der Waals surface area contributed by atoms with Crippen LogP contribution in [0.4, 0.5) is 9.52 Å². The van der Waals surface area contributed by atoms with Gasteiger partial charge in [0.15, 0.2) is 5.13 Å². The van der Waals surface area contributed by atoms with E-state index in [1.165, 1.54) is 23.5 Å². The number of halogens is 1. The predicted molar refractivity (Wildman–Crippen MR) is 91.4 cm³/mol. The van der Waals surface area contributed by atoms with Crippen molar-refractivity contribution >= 4 is 32.6 Å². The van der Waals surface area contributed by atoms with Gasteiger partial charge in [-0.05, 0) is 30.3 Å². The maximum atomic E-state index is 13.2. The Kier molecular flexibility index (Phi) is 3.86. The number of hydrogen-bond acceptors (Lipinski definition) is 5. The van der Waals surface area contributed by atoms with E-state index in [2.05, 4.69) is 15.3 Å². The first-order valence-electron chi connectivity index (χ1n) is 7.68. The highest BCUT2D eigenvalue weighted by molar-refractivity contribution is 7.22. The van der Waals surface area contributed by atoms with Crippen molar-refractivity contribution in [3.05, 3.63) is 54.1 Å². The van der Waals surface area contributed by atoms with E-state index in [9.17, 15) is 9.18 Å². The number of nitrogens with one attached hydrogen (secondary N) is 1. The minimum absolute atomic E-state index is 0.0315. The Hall–Kier alpha value is -2.54. The summed E-state index contributed by atoms with van der Waals surface area (Å²) in [6.45, 7) is 1.71. The lowest BCUT2D eigenvalue weighted by Crippen LogP contribution is -2.53. The molecule has 7 heteroatoms. The van der Waals surface area contributed by atoms with Crippen LogP contribution in [0.5, 0.6) is 0 Å². The SMILES string of the molecule is O=C(NCc1ccccn1)C1CN(c2nc3ccc(F)cc3s2)C1. The maximum Gasteiger partial charge on any atom is 0.227 e. The standard InChI is InChI=1S/C17H15FN4OS/c18-12-4-5-14-15(7-12)24-17(21-14)22-9-11(10-22)16(23)20-8-13-3-1-2-6-19-13/h1-7,11H,8-10H2,(H,20,23). The molecule has 2 aromatic heterocycles. The zero-order chi connectivity index (χ0) is 16.5. The summed E-state index contributed by atoms with van der Waals surface area (Å²) in [5, 5.41) is 3.75. The molecule has 0 spiro atoms. The molecule has 5 nitrogen and oxygen atoms in total. The van der Waals surface area contributed by atoms with Crippen molar-refractivity contribution in [1.82, 2.24) is 15.3 Å². The Morgan fingerprint density at radius 1 is 1.33 bits per heavy atom. The molecule has 1 aromatic carbocycles. The van der Waals surface area contributed by atoms with Gasteiger partial charge in [0.25, 0.3) is 0 Å². The van der Waals surface area contributed by atoms with E-state index in [0.717, 1.165) is 21.0 Å². The van der Waals surface area contributed by atoms with Gasteiger partial charge in [0.1, 0.15) is 5.82 Å². The molecule has 3 aromatic rings. The Bertz CT molecular complexity index is 877.